The second-order valence-electron chi connectivity index (χ2n) is 13.5. The summed E-state index contributed by atoms with van der Waals surface area (Å²) in [5.74, 6) is -0.262. The summed E-state index contributed by atoms with van der Waals surface area (Å²) in [5, 5.41) is 51.6. The summed E-state index contributed by atoms with van der Waals surface area (Å²) in [6.45, 7) is 6.18. The van der Waals surface area contributed by atoms with E-state index in [9.17, 15) is 30.3 Å². The van der Waals surface area contributed by atoms with Gasteiger partial charge in [0.1, 0.15) is 24.4 Å². The molecule has 3 aliphatic heterocycles. The van der Waals surface area contributed by atoms with Crippen molar-refractivity contribution in [1.29, 1.82) is 0 Å². The van der Waals surface area contributed by atoms with Crippen molar-refractivity contribution in [3.05, 3.63) is 0 Å². The fourth-order valence-corrected chi connectivity index (χ4v) is 9.84. The maximum absolute atomic E-state index is 13.0. The molecule has 6 fully saturated rings. The van der Waals surface area contributed by atoms with Gasteiger partial charge in [-0.05, 0) is 62.2 Å². The maximum atomic E-state index is 13.0. The summed E-state index contributed by atoms with van der Waals surface area (Å²) in [5.41, 5.74) is -2.45. The van der Waals surface area contributed by atoms with Crippen molar-refractivity contribution in [2.24, 2.45) is 33.5 Å². The number of rotatable bonds is 4. The molecule has 10 nitrogen and oxygen atoms in total. The van der Waals surface area contributed by atoms with Crippen molar-refractivity contribution < 1.29 is 49.3 Å². The lowest BCUT2D eigenvalue weighted by Crippen LogP contribution is -2.61. The van der Waals surface area contributed by atoms with E-state index in [1.165, 1.54) is 0 Å². The highest BCUT2D eigenvalue weighted by Crippen LogP contribution is 2.77. The molecule has 5 N–H and O–H groups in total. The van der Waals surface area contributed by atoms with Gasteiger partial charge in [-0.1, -0.05) is 20.3 Å². The maximum Gasteiger partial charge on any atom is 0.314 e. The van der Waals surface area contributed by atoms with Gasteiger partial charge in [0.05, 0.1) is 30.8 Å². The molecule has 0 amide bonds. The zero-order valence-electron chi connectivity index (χ0n) is 22.0. The minimum Gasteiger partial charge on any atom is -0.435 e. The largest absolute Gasteiger partial charge is 0.435 e. The molecule has 6 rings (SSSR count). The molecule has 37 heavy (non-hydrogen) atoms. The Bertz CT molecular complexity index is 944. The Morgan fingerprint density at radius 2 is 1.78 bits per heavy atom. The Balaban J connectivity index is 1.36. The van der Waals surface area contributed by atoms with Crippen LogP contribution in [0.3, 0.4) is 0 Å². The summed E-state index contributed by atoms with van der Waals surface area (Å²) in [6.07, 6.45) is -1.98. The Morgan fingerprint density at radius 1 is 1.03 bits per heavy atom. The van der Waals surface area contributed by atoms with Crippen molar-refractivity contribution in [3.8, 4) is 0 Å². The lowest BCUT2D eigenvalue weighted by atomic mass is 9.40. The molecule has 3 heterocycles. The highest BCUT2D eigenvalue weighted by molar-refractivity contribution is 5.79. The molecule has 0 aromatic carbocycles. The second kappa shape index (κ2) is 8.33. The van der Waals surface area contributed by atoms with Crippen molar-refractivity contribution in [2.75, 3.05) is 19.8 Å². The molecule has 0 radical (unpaired) electrons. The van der Waals surface area contributed by atoms with Crippen molar-refractivity contribution >= 4 is 5.97 Å². The third-order valence-electron chi connectivity index (χ3n) is 12.2. The quantitative estimate of drug-likeness (QED) is 0.326. The van der Waals surface area contributed by atoms with Gasteiger partial charge in [-0.3, -0.25) is 4.79 Å². The van der Waals surface area contributed by atoms with Gasteiger partial charge in [0.15, 0.2) is 6.29 Å². The molecular weight excluding hydrogens is 484 g/mol. The predicted octanol–water partition coefficient (Wildman–Crippen LogP) is 0.456. The Kier molecular flexibility index (Phi) is 5.94. The minimum absolute atomic E-state index is 0.0411. The number of carbonyl (C=O) groups is 1. The lowest BCUT2D eigenvalue weighted by Gasteiger charge is -2.62. The molecule has 0 unspecified atom stereocenters. The summed E-state index contributed by atoms with van der Waals surface area (Å²) >= 11 is 0. The number of aliphatic hydroxyl groups is 5. The van der Waals surface area contributed by atoms with Crippen LogP contribution < -0.4 is 0 Å². The monoisotopic (exact) mass is 526 g/mol. The Labute approximate surface area is 217 Å². The predicted molar refractivity (Wildman–Crippen MR) is 127 cm³/mol. The van der Waals surface area contributed by atoms with E-state index >= 15 is 0 Å². The van der Waals surface area contributed by atoms with Crippen molar-refractivity contribution in [1.82, 2.24) is 0 Å². The highest BCUT2D eigenvalue weighted by atomic mass is 16.7. The van der Waals surface area contributed by atoms with E-state index in [4.69, 9.17) is 18.9 Å². The molecule has 2 bridgehead atoms. The van der Waals surface area contributed by atoms with Crippen LogP contribution in [0.15, 0.2) is 0 Å². The first-order chi connectivity index (χ1) is 17.4. The van der Waals surface area contributed by atoms with Crippen LogP contribution in [0.5, 0.6) is 0 Å². The molecule has 3 saturated heterocycles. The fourth-order valence-electron chi connectivity index (χ4n) is 9.84. The topological polar surface area (TPSA) is 155 Å². The highest BCUT2D eigenvalue weighted by Gasteiger charge is 2.76. The molecule has 3 saturated carbocycles. The molecule has 0 aromatic rings. The molecule has 0 aromatic heterocycles. The number of hydrogen-bond acceptors (Lipinski definition) is 10. The van der Waals surface area contributed by atoms with Gasteiger partial charge in [0, 0.05) is 11.3 Å². The van der Waals surface area contributed by atoms with Gasteiger partial charge < -0.3 is 44.5 Å². The molecule has 1 spiro atoms. The SMILES string of the molecule is C[C@@]12CC[C@@H]3C[C@@]1(CO[C@@H]1OC(=O)[C@]4(C)CCC[C@]2(C)[C@H]14)C[C@@]3(CO)O[C@@H]1O[C@H](CO)[C@@H](O)[C@H](O)[C@H]1O. The number of fused-ring (bicyclic) bond motifs is 2. The van der Waals surface area contributed by atoms with E-state index in [1.54, 1.807) is 0 Å². The smallest absolute Gasteiger partial charge is 0.314 e. The van der Waals surface area contributed by atoms with Crippen molar-refractivity contribution in [2.45, 2.75) is 108 Å². The van der Waals surface area contributed by atoms with E-state index in [0.29, 0.717) is 13.0 Å². The number of aliphatic hydroxyl groups excluding tert-OH is 5. The van der Waals surface area contributed by atoms with E-state index in [1.807, 2.05) is 6.92 Å². The van der Waals surface area contributed by atoms with E-state index in [0.717, 1.165) is 38.5 Å². The first-order valence-electron chi connectivity index (χ1n) is 13.8. The minimum atomic E-state index is -1.55. The molecule has 10 heteroatoms. The zero-order valence-corrected chi connectivity index (χ0v) is 22.0. The number of esters is 1. The lowest BCUT2D eigenvalue weighted by molar-refractivity contribution is -0.335. The number of carbonyl (C=O) groups excluding carboxylic acids is 1. The van der Waals surface area contributed by atoms with Gasteiger partial charge in [0.2, 0.25) is 6.29 Å². The number of hydrogen-bond donors (Lipinski definition) is 5. The van der Waals surface area contributed by atoms with Gasteiger partial charge >= 0.3 is 5.97 Å². The van der Waals surface area contributed by atoms with Gasteiger partial charge in [0.25, 0.3) is 0 Å². The first-order valence-corrected chi connectivity index (χ1v) is 13.8. The summed E-state index contributed by atoms with van der Waals surface area (Å²) in [7, 11) is 0. The van der Waals surface area contributed by atoms with E-state index < -0.39 is 54.6 Å². The standard InChI is InChI=1S/C27H42O10/c1-23-6-4-7-24(2)19(23)21(36-22(23)33)34-13-26-9-14(5-8-25(24,26)3)27(11-26,12-29)37-20-18(32)17(31)16(30)15(10-28)35-20/h14-21,28-32H,4-13H2,1-3H3/t14-,15-,16-,17+,18-,19-,20+,21-,23-,24-,25+,26+,27+/m1/s1. The van der Waals surface area contributed by atoms with Crippen LogP contribution in [-0.2, 0) is 23.7 Å². The normalized spacial score (nSPS) is 58.9. The number of ether oxygens (including phenoxy) is 4. The van der Waals surface area contributed by atoms with Gasteiger partial charge in [-0.2, -0.15) is 0 Å². The van der Waals surface area contributed by atoms with Crippen LogP contribution in [-0.4, -0.2) is 93.9 Å². The molecule has 3 aliphatic carbocycles. The average molecular weight is 527 g/mol. The van der Waals surface area contributed by atoms with E-state index in [2.05, 4.69) is 13.8 Å². The molecule has 13 atom stereocenters. The molecule has 210 valence electrons. The van der Waals surface area contributed by atoms with Crippen LogP contribution in [0.4, 0.5) is 0 Å². The molecule has 6 aliphatic rings. The van der Waals surface area contributed by atoms with Gasteiger partial charge in [-0.15, -0.1) is 0 Å². The summed E-state index contributed by atoms with van der Waals surface area (Å²) in [6, 6.07) is 0. The van der Waals surface area contributed by atoms with Crippen LogP contribution >= 0.6 is 0 Å². The van der Waals surface area contributed by atoms with Gasteiger partial charge in [-0.25, -0.2) is 0 Å². The first kappa shape index (κ1) is 26.4. The van der Waals surface area contributed by atoms with Crippen LogP contribution in [0.1, 0.15) is 65.7 Å². The third-order valence-corrected chi connectivity index (χ3v) is 12.2. The third kappa shape index (κ3) is 3.18. The summed E-state index contributed by atoms with van der Waals surface area (Å²) < 4.78 is 24.4. The van der Waals surface area contributed by atoms with E-state index in [-0.39, 0.29) is 40.7 Å². The zero-order chi connectivity index (χ0) is 26.6. The Hall–Kier alpha value is -0.850. The Morgan fingerprint density at radius 3 is 2.49 bits per heavy atom. The van der Waals surface area contributed by atoms with Crippen LogP contribution in [0, 0.1) is 33.5 Å². The summed E-state index contributed by atoms with van der Waals surface area (Å²) in [4.78, 5) is 13.0. The second-order valence-corrected chi connectivity index (χ2v) is 13.5. The average Bonchev–Trinajstić information content (AvgIpc) is 3.27. The molecular formula is C27H42O10. The van der Waals surface area contributed by atoms with Crippen LogP contribution in [0.2, 0.25) is 0 Å². The van der Waals surface area contributed by atoms with Crippen molar-refractivity contribution in [3.63, 3.8) is 0 Å². The fraction of sp³-hybridized carbons (Fsp3) is 0.963. The van der Waals surface area contributed by atoms with Crippen LogP contribution in [0.25, 0.3) is 0 Å².